The second-order valence-electron chi connectivity index (χ2n) is 5.88. The van der Waals surface area contributed by atoms with Gasteiger partial charge in [-0.15, -0.1) is 0 Å². The lowest BCUT2D eigenvalue weighted by Gasteiger charge is -2.31. The molecule has 3 amide bonds. The summed E-state index contributed by atoms with van der Waals surface area (Å²) < 4.78 is 5.67. The van der Waals surface area contributed by atoms with Crippen LogP contribution in [-0.2, 0) is 0 Å². The van der Waals surface area contributed by atoms with Crippen LogP contribution < -0.4 is 15.8 Å². The van der Waals surface area contributed by atoms with Crippen molar-refractivity contribution in [1.82, 2.24) is 10.2 Å². The largest absolute Gasteiger partial charge is 0.490 e. The van der Waals surface area contributed by atoms with Gasteiger partial charge in [0.25, 0.3) is 5.91 Å². The van der Waals surface area contributed by atoms with Gasteiger partial charge in [-0.1, -0.05) is 11.6 Å². The first-order chi connectivity index (χ1) is 10.9. The Morgan fingerprint density at radius 3 is 2.57 bits per heavy atom. The van der Waals surface area contributed by atoms with Crippen molar-refractivity contribution < 1.29 is 14.3 Å². The zero-order valence-corrected chi connectivity index (χ0v) is 14.1. The molecule has 23 heavy (non-hydrogen) atoms. The van der Waals surface area contributed by atoms with Crippen molar-refractivity contribution in [2.45, 2.75) is 38.8 Å². The molecule has 0 aromatic heterocycles. The van der Waals surface area contributed by atoms with E-state index >= 15 is 0 Å². The summed E-state index contributed by atoms with van der Waals surface area (Å²) in [6, 6.07) is 4.59. The lowest BCUT2D eigenvalue weighted by molar-refractivity contribution is 0.0913. The van der Waals surface area contributed by atoms with Gasteiger partial charge >= 0.3 is 6.03 Å². The van der Waals surface area contributed by atoms with Gasteiger partial charge in [0.05, 0.1) is 11.7 Å². The Bertz CT molecular complexity index is 584. The molecule has 0 radical (unpaired) electrons. The molecule has 6 nitrogen and oxygen atoms in total. The van der Waals surface area contributed by atoms with E-state index in [2.05, 4.69) is 5.32 Å². The number of nitrogens with zero attached hydrogens (tertiary/aromatic N) is 1. The molecule has 0 bridgehead atoms. The van der Waals surface area contributed by atoms with Crippen LogP contribution in [0, 0.1) is 0 Å². The first kappa shape index (κ1) is 17.4. The molecule has 1 aromatic carbocycles. The number of hydrogen-bond acceptors (Lipinski definition) is 3. The van der Waals surface area contributed by atoms with E-state index in [0.29, 0.717) is 42.3 Å². The van der Waals surface area contributed by atoms with E-state index < -0.39 is 6.03 Å². The second kappa shape index (κ2) is 7.55. The molecule has 2 rings (SSSR count). The van der Waals surface area contributed by atoms with Crippen LogP contribution in [0.15, 0.2) is 18.2 Å². The van der Waals surface area contributed by atoms with Gasteiger partial charge in [0.2, 0.25) is 0 Å². The van der Waals surface area contributed by atoms with Crippen molar-refractivity contribution >= 4 is 23.5 Å². The number of ether oxygens (including phenoxy) is 1. The van der Waals surface area contributed by atoms with Gasteiger partial charge in [0.1, 0.15) is 5.75 Å². The fraction of sp³-hybridized carbons (Fsp3) is 0.500. The highest BCUT2D eigenvalue weighted by atomic mass is 35.5. The van der Waals surface area contributed by atoms with Crippen LogP contribution in [0.1, 0.15) is 37.0 Å². The van der Waals surface area contributed by atoms with Gasteiger partial charge in [-0.2, -0.15) is 0 Å². The number of primary amides is 1. The summed E-state index contributed by atoms with van der Waals surface area (Å²) in [5, 5.41) is 3.46. The molecule has 0 aliphatic carbocycles. The third-order valence-electron chi connectivity index (χ3n) is 3.69. The topological polar surface area (TPSA) is 84.7 Å². The van der Waals surface area contributed by atoms with E-state index in [-0.39, 0.29) is 18.1 Å². The predicted molar refractivity (Wildman–Crippen MR) is 88.9 cm³/mol. The minimum Gasteiger partial charge on any atom is -0.490 e. The lowest BCUT2D eigenvalue weighted by Crippen LogP contribution is -2.48. The van der Waals surface area contributed by atoms with Crippen molar-refractivity contribution in [3.63, 3.8) is 0 Å². The summed E-state index contributed by atoms with van der Waals surface area (Å²) in [5.74, 6) is 0.289. The molecule has 0 saturated carbocycles. The third-order valence-corrected chi connectivity index (χ3v) is 3.93. The van der Waals surface area contributed by atoms with Crippen LogP contribution in [0.4, 0.5) is 4.79 Å². The molecule has 1 aromatic rings. The van der Waals surface area contributed by atoms with E-state index in [1.165, 1.54) is 0 Å². The number of piperidine rings is 1. The number of urea groups is 1. The van der Waals surface area contributed by atoms with Crippen LogP contribution >= 0.6 is 11.6 Å². The summed E-state index contributed by atoms with van der Waals surface area (Å²) in [7, 11) is 0. The fourth-order valence-electron chi connectivity index (χ4n) is 2.54. The normalized spacial score (nSPS) is 15.6. The number of nitrogens with two attached hydrogens (primary N) is 1. The Hall–Kier alpha value is -1.95. The van der Waals surface area contributed by atoms with Gasteiger partial charge < -0.3 is 20.7 Å². The van der Waals surface area contributed by atoms with Gasteiger partial charge in [0, 0.05) is 24.2 Å². The van der Waals surface area contributed by atoms with E-state index in [9.17, 15) is 9.59 Å². The van der Waals surface area contributed by atoms with Crippen molar-refractivity contribution in [3.05, 3.63) is 28.8 Å². The molecule has 1 aliphatic rings. The Morgan fingerprint density at radius 2 is 2.00 bits per heavy atom. The maximum Gasteiger partial charge on any atom is 0.314 e. The number of carbonyl (C=O) groups is 2. The van der Waals surface area contributed by atoms with E-state index in [1.54, 1.807) is 23.1 Å². The Balaban J connectivity index is 2.03. The number of likely N-dealkylation sites (tertiary alicyclic amines) is 1. The molecule has 0 unspecified atom stereocenters. The fourth-order valence-corrected chi connectivity index (χ4v) is 2.72. The molecule has 1 heterocycles. The minimum absolute atomic E-state index is 0.00369. The zero-order chi connectivity index (χ0) is 17.0. The van der Waals surface area contributed by atoms with Crippen molar-refractivity contribution in [2.24, 2.45) is 5.73 Å². The molecular weight excluding hydrogens is 318 g/mol. The van der Waals surface area contributed by atoms with Crippen molar-refractivity contribution in [2.75, 3.05) is 13.1 Å². The van der Waals surface area contributed by atoms with Crippen LogP contribution in [0.5, 0.6) is 5.75 Å². The predicted octanol–water partition coefficient (Wildman–Crippen LogP) is 2.40. The third kappa shape index (κ3) is 4.76. The molecular formula is C16H22ClN3O3. The summed E-state index contributed by atoms with van der Waals surface area (Å²) in [6.45, 7) is 4.89. The van der Waals surface area contributed by atoms with Crippen molar-refractivity contribution in [1.29, 1.82) is 0 Å². The molecule has 1 fully saturated rings. The number of hydrogen-bond donors (Lipinski definition) is 2. The van der Waals surface area contributed by atoms with E-state index in [1.807, 2.05) is 13.8 Å². The van der Waals surface area contributed by atoms with Crippen LogP contribution in [-0.4, -0.2) is 42.1 Å². The van der Waals surface area contributed by atoms with Crippen LogP contribution in [0.2, 0.25) is 5.02 Å². The Labute approximate surface area is 140 Å². The first-order valence-corrected chi connectivity index (χ1v) is 8.06. The molecule has 0 atom stereocenters. The second-order valence-corrected chi connectivity index (χ2v) is 6.32. The summed E-state index contributed by atoms with van der Waals surface area (Å²) in [5.41, 5.74) is 5.68. The molecule has 1 aliphatic heterocycles. The summed E-state index contributed by atoms with van der Waals surface area (Å²) in [4.78, 5) is 25.2. The Kier molecular flexibility index (Phi) is 5.71. The Morgan fingerprint density at radius 1 is 1.35 bits per heavy atom. The van der Waals surface area contributed by atoms with E-state index in [0.717, 1.165) is 0 Å². The van der Waals surface area contributed by atoms with Crippen LogP contribution in [0.3, 0.4) is 0 Å². The number of benzene rings is 1. The highest BCUT2D eigenvalue weighted by Crippen LogP contribution is 2.24. The monoisotopic (exact) mass is 339 g/mol. The van der Waals surface area contributed by atoms with Gasteiger partial charge in [-0.3, -0.25) is 4.79 Å². The van der Waals surface area contributed by atoms with Gasteiger partial charge in [0.15, 0.2) is 0 Å². The smallest absolute Gasteiger partial charge is 0.314 e. The van der Waals surface area contributed by atoms with Gasteiger partial charge in [-0.05, 0) is 44.9 Å². The maximum absolute atomic E-state index is 12.5. The standard InChI is InChI=1S/C16H22ClN3O3/c1-10(2)23-14-4-3-11(17)9-13(14)15(21)19-12-5-7-20(8-6-12)16(18)22/h3-4,9-10,12H,5-8H2,1-2H3,(H2,18,22)(H,19,21). The summed E-state index contributed by atoms with van der Waals surface area (Å²) in [6.07, 6.45) is 1.31. The number of carbonyl (C=O) groups excluding carboxylic acids is 2. The summed E-state index contributed by atoms with van der Waals surface area (Å²) >= 11 is 6.00. The molecule has 7 heteroatoms. The number of nitrogens with one attached hydrogen (secondary N) is 1. The first-order valence-electron chi connectivity index (χ1n) is 7.68. The van der Waals surface area contributed by atoms with Crippen LogP contribution in [0.25, 0.3) is 0 Å². The average molecular weight is 340 g/mol. The highest BCUT2D eigenvalue weighted by Gasteiger charge is 2.24. The number of halogens is 1. The van der Waals surface area contributed by atoms with Gasteiger partial charge in [-0.25, -0.2) is 4.79 Å². The van der Waals surface area contributed by atoms with E-state index in [4.69, 9.17) is 22.1 Å². The maximum atomic E-state index is 12.5. The number of amides is 3. The molecule has 0 spiro atoms. The zero-order valence-electron chi connectivity index (χ0n) is 13.3. The molecule has 3 N–H and O–H groups in total. The lowest BCUT2D eigenvalue weighted by atomic mass is 10.0. The quantitative estimate of drug-likeness (QED) is 0.883. The SMILES string of the molecule is CC(C)Oc1ccc(Cl)cc1C(=O)NC1CCN(C(N)=O)CC1. The molecule has 1 saturated heterocycles. The highest BCUT2D eigenvalue weighted by molar-refractivity contribution is 6.31. The molecule has 126 valence electrons. The number of rotatable bonds is 4. The minimum atomic E-state index is -0.419. The average Bonchev–Trinajstić information content (AvgIpc) is 2.49. The van der Waals surface area contributed by atoms with Crippen molar-refractivity contribution in [3.8, 4) is 5.75 Å².